The lowest BCUT2D eigenvalue weighted by Crippen LogP contribution is -2.47. The highest BCUT2D eigenvalue weighted by atomic mass is 16.6. The van der Waals surface area contributed by atoms with E-state index in [1.807, 2.05) is 20.8 Å². The lowest BCUT2D eigenvalue weighted by Gasteiger charge is -2.32. The summed E-state index contributed by atoms with van der Waals surface area (Å²) in [5.74, 6) is 0. The Morgan fingerprint density at radius 2 is 1.33 bits per heavy atom. The Balaban J connectivity index is 2.00. The fraction of sp³-hybridized carbons (Fsp3) is 1.00. The first-order valence-corrected chi connectivity index (χ1v) is 9.04. The van der Waals surface area contributed by atoms with Gasteiger partial charge in [0.1, 0.15) is 5.72 Å². The van der Waals surface area contributed by atoms with Crippen LogP contribution >= 0.6 is 0 Å². The number of nitrogens with zero attached hydrogens (tertiary/aromatic N) is 1. The third-order valence-electron chi connectivity index (χ3n) is 4.71. The average Bonchev–Trinajstić information content (AvgIpc) is 2.65. The van der Waals surface area contributed by atoms with E-state index in [0.29, 0.717) is 6.61 Å². The molecule has 0 amide bonds. The summed E-state index contributed by atoms with van der Waals surface area (Å²) < 4.78 is 5.76. The van der Waals surface area contributed by atoms with Gasteiger partial charge in [-0.3, -0.25) is 0 Å². The molecule has 1 aliphatic rings. The summed E-state index contributed by atoms with van der Waals surface area (Å²) in [5.41, 5.74) is -0.961. The van der Waals surface area contributed by atoms with E-state index in [2.05, 4.69) is 6.92 Å². The topological polar surface area (TPSA) is 32.4 Å². The van der Waals surface area contributed by atoms with Gasteiger partial charge in [-0.05, 0) is 33.6 Å². The van der Waals surface area contributed by atoms with Crippen molar-refractivity contribution in [2.75, 3.05) is 6.61 Å². The summed E-state index contributed by atoms with van der Waals surface area (Å²) in [7, 11) is 0. The molecule has 1 rings (SSSR count). The van der Waals surface area contributed by atoms with E-state index in [-0.39, 0.29) is 5.54 Å². The fourth-order valence-electron chi connectivity index (χ4n) is 3.20. The molecule has 0 aromatic carbocycles. The Hall–Kier alpha value is -0.120. The van der Waals surface area contributed by atoms with E-state index >= 15 is 0 Å². The second kappa shape index (κ2) is 9.12. The Morgan fingerprint density at radius 3 is 1.76 bits per heavy atom. The molecule has 0 saturated carbocycles. The highest BCUT2D eigenvalue weighted by Gasteiger charge is 2.49. The molecule has 0 bridgehead atoms. The average molecular weight is 298 g/mol. The lowest BCUT2D eigenvalue weighted by molar-refractivity contribution is -0.286. The molecular weight excluding hydrogens is 262 g/mol. The summed E-state index contributed by atoms with van der Waals surface area (Å²) >= 11 is 0. The van der Waals surface area contributed by atoms with Crippen molar-refractivity contribution in [1.82, 2.24) is 5.06 Å². The maximum absolute atomic E-state index is 12.2. The summed E-state index contributed by atoms with van der Waals surface area (Å²) in [6.45, 7) is 8.68. The van der Waals surface area contributed by atoms with Gasteiger partial charge in [0.05, 0.1) is 12.1 Å². The van der Waals surface area contributed by atoms with Crippen molar-refractivity contribution in [2.24, 2.45) is 0 Å². The smallest absolute Gasteiger partial charge is 0.144 e. The minimum Gasteiger partial charge on any atom is -0.356 e. The van der Waals surface area contributed by atoms with Crippen molar-refractivity contribution in [2.45, 2.75) is 110 Å². The van der Waals surface area contributed by atoms with Gasteiger partial charge in [0.2, 0.25) is 0 Å². The lowest BCUT2D eigenvalue weighted by atomic mass is 10.0. The Morgan fingerprint density at radius 1 is 0.857 bits per heavy atom. The summed E-state index contributed by atoms with van der Waals surface area (Å²) in [6.07, 6.45) is 14.1. The number of hydrogen-bond donors (Lipinski definition) is 0. The summed E-state index contributed by atoms with van der Waals surface area (Å²) in [5, 5.41) is 13.4. The third-order valence-corrected chi connectivity index (χ3v) is 4.71. The van der Waals surface area contributed by atoms with Crippen LogP contribution in [-0.2, 0) is 9.94 Å². The number of unbranched alkanes of at least 4 members (excludes halogenated alkanes) is 9. The van der Waals surface area contributed by atoms with Crippen molar-refractivity contribution in [3.05, 3.63) is 0 Å². The molecule has 1 heterocycles. The molecule has 1 atom stereocenters. The molecule has 125 valence electrons. The van der Waals surface area contributed by atoms with Crippen molar-refractivity contribution >= 4 is 0 Å². The van der Waals surface area contributed by atoms with Crippen LogP contribution in [0.5, 0.6) is 0 Å². The Bertz CT molecular complexity index is 280. The predicted octanol–water partition coefficient (Wildman–Crippen LogP) is 5.47. The minimum atomic E-state index is -0.594. The highest BCUT2D eigenvalue weighted by Crippen LogP contribution is 2.36. The molecule has 0 spiro atoms. The molecule has 3 heteroatoms. The molecule has 1 saturated heterocycles. The van der Waals surface area contributed by atoms with Crippen LogP contribution in [0.3, 0.4) is 0 Å². The third kappa shape index (κ3) is 6.25. The van der Waals surface area contributed by atoms with Crippen LogP contribution in [0, 0.1) is 0 Å². The monoisotopic (exact) mass is 298 g/mol. The van der Waals surface area contributed by atoms with E-state index in [9.17, 15) is 5.21 Å². The van der Waals surface area contributed by atoms with Gasteiger partial charge in [-0.15, -0.1) is 10.3 Å². The van der Waals surface area contributed by atoms with Gasteiger partial charge in [-0.2, -0.15) is 0 Å². The van der Waals surface area contributed by atoms with E-state index in [1.165, 1.54) is 62.9 Å². The Kier molecular flexibility index (Phi) is 8.22. The van der Waals surface area contributed by atoms with Gasteiger partial charge < -0.3 is 4.74 Å². The first kappa shape index (κ1) is 18.9. The quantitative estimate of drug-likeness (QED) is 0.474. The maximum Gasteiger partial charge on any atom is 0.144 e. The number of rotatable bonds is 11. The SMILES string of the molecule is CCCCCCCCCCCCC1(C)OCC(C)(C)N1[O]. The van der Waals surface area contributed by atoms with E-state index in [4.69, 9.17) is 4.74 Å². The fourth-order valence-corrected chi connectivity index (χ4v) is 3.20. The zero-order chi connectivity index (χ0) is 15.8. The van der Waals surface area contributed by atoms with Crippen LogP contribution in [0.15, 0.2) is 0 Å². The van der Waals surface area contributed by atoms with Crippen LogP contribution in [0.4, 0.5) is 0 Å². The van der Waals surface area contributed by atoms with E-state index in [1.54, 1.807) is 0 Å². The number of hydroxylamine groups is 2. The molecule has 0 aromatic rings. The second-order valence-electron chi connectivity index (χ2n) is 7.50. The molecule has 1 aliphatic heterocycles. The molecule has 21 heavy (non-hydrogen) atoms. The Labute approximate surface area is 132 Å². The molecule has 1 radical (unpaired) electrons. The molecule has 0 aliphatic carbocycles. The van der Waals surface area contributed by atoms with Gasteiger partial charge >= 0.3 is 0 Å². The highest BCUT2D eigenvalue weighted by molar-refractivity contribution is 4.90. The van der Waals surface area contributed by atoms with E-state index in [0.717, 1.165) is 12.8 Å². The number of ether oxygens (including phenoxy) is 1. The normalized spacial score (nSPS) is 25.6. The van der Waals surface area contributed by atoms with Gasteiger partial charge in [0, 0.05) is 0 Å². The maximum atomic E-state index is 12.2. The summed E-state index contributed by atoms with van der Waals surface area (Å²) in [4.78, 5) is 0. The first-order chi connectivity index (χ1) is 9.92. The van der Waals surface area contributed by atoms with Crippen molar-refractivity contribution in [3.63, 3.8) is 0 Å². The van der Waals surface area contributed by atoms with Gasteiger partial charge in [-0.25, -0.2) is 0 Å². The van der Waals surface area contributed by atoms with Crippen molar-refractivity contribution in [1.29, 1.82) is 0 Å². The number of hydrogen-bond acceptors (Lipinski definition) is 2. The minimum absolute atomic E-state index is 0.368. The second-order valence-corrected chi connectivity index (χ2v) is 7.50. The molecule has 1 unspecified atom stereocenters. The zero-order valence-corrected chi connectivity index (χ0v) is 14.7. The largest absolute Gasteiger partial charge is 0.356 e. The molecule has 1 fully saturated rings. The first-order valence-electron chi connectivity index (χ1n) is 9.04. The standard InChI is InChI=1S/C18H36NO2/c1-5-6-7-8-9-10-11-12-13-14-15-18(4)19(20)17(2,3)16-21-18/h5-16H2,1-4H3. The predicted molar refractivity (Wildman–Crippen MR) is 87.4 cm³/mol. The van der Waals surface area contributed by atoms with Crippen molar-refractivity contribution in [3.8, 4) is 0 Å². The van der Waals surface area contributed by atoms with Crippen LogP contribution < -0.4 is 0 Å². The van der Waals surface area contributed by atoms with Gasteiger partial charge in [-0.1, -0.05) is 64.7 Å². The zero-order valence-electron chi connectivity index (χ0n) is 14.7. The summed E-state index contributed by atoms with van der Waals surface area (Å²) in [6, 6.07) is 0. The van der Waals surface area contributed by atoms with Crippen LogP contribution in [0.25, 0.3) is 0 Å². The van der Waals surface area contributed by atoms with Gasteiger partial charge in [0.25, 0.3) is 0 Å². The van der Waals surface area contributed by atoms with Crippen molar-refractivity contribution < 1.29 is 9.94 Å². The van der Waals surface area contributed by atoms with Crippen LogP contribution in [-0.4, -0.2) is 22.9 Å². The molecule has 0 aromatic heterocycles. The molecular formula is C18H36NO2. The van der Waals surface area contributed by atoms with E-state index < -0.39 is 5.72 Å². The molecule has 3 nitrogen and oxygen atoms in total. The van der Waals surface area contributed by atoms with Gasteiger partial charge in [0.15, 0.2) is 0 Å². The van der Waals surface area contributed by atoms with Crippen LogP contribution in [0.1, 0.15) is 98.3 Å². The van der Waals surface area contributed by atoms with Crippen LogP contribution in [0.2, 0.25) is 0 Å². The molecule has 0 N–H and O–H groups in total.